The van der Waals surface area contributed by atoms with Gasteiger partial charge in [-0.2, -0.15) is 13.2 Å². The third-order valence-electron chi connectivity index (χ3n) is 4.60. The van der Waals surface area contributed by atoms with Crippen molar-refractivity contribution in [3.8, 4) is 0 Å². The summed E-state index contributed by atoms with van der Waals surface area (Å²) < 4.78 is 38.6. The number of fused-ring (bicyclic) bond motifs is 1. The number of carbonyl (C=O) groups is 1. The Balaban J connectivity index is 1.70. The van der Waals surface area contributed by atoms with Crippen molar-refractivity contribution in [2.75, 3.05) is 0 Å². The van der Waals surface area contributed by atoms with Crippen LogP contribution in [0.3, 0.4) is 0 Å². The maximum atomic E-state index is 12.9. The number of amides is 1. The zero-order chi connectivity index (χ0) is 20.3. The molecule has 28 heavy (non-hydrogen) atoms. The molecule has 1 amide bonds. The number of rotatable bonds is 5. The molecule has 0 aliphatic rings. The van der Waals surface area contributed by atoms with Gasteiger partial charge in [-0.15, -0.1) is 0 Å². The summed E-state index contributed by atoms with van der Waals surface area (Å²) >= 11 is 3.31. The highest BCUT2D eigenvalue weighted by molar-refractivity contribution is 9.10. The van der Waals surface area contributed by atoms with Gasteiger partial charge in [-0.3, -0.25) is 4.79 Å². The molecule has 6 heteroatoms. The summed E-state index contributed by atoms with van der Waals surface area (Å²) in [6.45, 7) is 1.89. The summed E-state index contributed by atoms with van der Waals surface area (Å²) in [5.74, 6) is -0.266. The quantitative estimate of drug-likeness (QED) is 0.472. The lowest BCUT2D eigenvalue weighted by atomic mass is 9.99. The zero-order valence-corrected chi connectivity index (χ0v) is 16.7. The van der Waals surface area contributed by atoms with Crippen LogP contribution in [0.5, 0.6) is 0 Å². The van der Waals surface area contributed by atoms with Gasteiger partial charge in [-0.05, 0) is 41.3 Å². The third kappa shape index (κ3) is 4.73. The number of nitrogens with one attached hydrogen (secondary N) is 1. The minimum atomic E-state index is -4.40. The molecule has 2 nitrogen and oxygen atoms in total. The Morgan fingerprint density at radius 3 is 2.46 bits per heavy atom. The van der Waals surface area contributed by atoms with Crippen LogP contribution in [0.2, 0.25) is 0 Å². The first-order chi connectivity index (χ1) is 13.3. The monoisotopic (exact) mass is 449 g/mol. The molecule has 0 spiro atoms. The van der Waals surface area contributed by atoms with Crippen molar-refractivity contribution in [1.82, 2.24) is 5.32 Å². The molecule has 3 aromatic carbocycles. The van der Waals surface area contributed by atoms with Gasteiger partial charge in [0.15, 0.2) is 0 Å². The second kappa shape index (κ2) is 8.35. The van der Waals surface area contributed by atoms with Gasteiger partial charge in [-0.25, -0.2) is 0 Å². The summed E-state index contributed by atoms with van der Waals surface area (Å²) in [7, 11) is 0. The lowest BCUT2D eigenvalue weighted by Gasteiger charge is -2.19. The van der Waals surface area contributed by atoms with Crippen LogP contribution in [0, 0.1) is 0 Å². The Bertz CT molecular complexity index is 981. The van der Waals surface area contributed by atoms with Gasteiger partial charge in [0.05, 0.1) is 16.4 Å². The molecular formula is C22H19BrF3NO. The molecule has 2 atom stereocenters. The van der Waals surface area contributed by atoms with E-state index in [0.29, 0.717) is 5.56 Å². The first-order valence-corrected chi connectivity index (χ1v) is 9.75. The Morgan fingerprint density at radius 1 is 1.04 bits per heavy atom. The molecule has 0 saturated heterocycles. The Labute approximate surface area is 169 Å². The number of alkyl halides is 4. The van der Waals surface area contributed by atoms with E-state index in [2.05, 4.69) is 21.2 Å². The summed E-state index contributed by atoms with van der Waals surface area (Å²) in [5, 5.41) is 5.09. The van der Waals surface area contributed by atoms with Crippen molar-refractivity contribution < 1.29 is 18.0 Å². The van der Waals surface area contributed by atoms with Crippen LogP contribution in [0.15, 0.2) is 66.7 Å². The molecule has 3 aromatic rings. The fraction of sp³-hybridized carbons (Fsp3) is 0.227. The molecule has 0 radical (unpaired) electrons. The summed E-state index contributed by atoms with van der Waals surface area (Å²) in [6.07, 6.45) is -4.24. The van der Waals surface area contributed by atoms with Crippen LogP contribution >= 0.6 is 15.9 Å². The van der Waals surface area contributed by atoms with Crippen LogP contribution in [0.1, 0.15) is 29.7 Å². The molecule has 146 valence electrons. The minimum Gasteiger partial charge on any atom is -0.349 e. The van der Waals surface area contributed by atoms with E-state index in [4.69, 9.17) is 0 Å². The van der Waals surface area contributed by atoms with Gasteiger partial charge >= 0.3 is 6.18 Å². The first kappa shape index (κ1) is 20.4. The van der Waals surface area contributed by atoms with E-state index in [0.717, 1.165) is 28.5 Å². The van der Waals surface area contributed by atoms with Crippen molar-refractivity contribution in [3.05, 3.63) is 83.4 Å². The van der Waals surface area contributed by atoms with E-state index in [1.54, 1.807) is 6.07 Å². The largest absolute Gasteiger partial charge is 0.416 e. The van der Waals surface area contributed by atoms with E-state index in [1.807, 2.05) is 49.4 Å². The highest BCUT2D eigenvalue weighted by Crippen LogP contribution is 2.30. The molecule has 1 unspecified atom stereocenters. The van der Waals surface area contributed by atoms with Crippen molar-refractivity contribution in [1.29, 1.82) is 0 Å². The van der Waals surface area contributed by atoms with Gasteiger partial charge < -0.3 is 5.32 Å². The van der Waals surface area contributed by atoms with Gasteiger partial charge in [0, 0.05) is 0 Å². The topological polar surface area (TPSA) is 29.1 Å². The zero-order valence-electron chi connectivity index (χ0n) is 15.1. The standard InChI is InChI=1S/C22H19BrF3NO/c1-14(18-11-5-8-16-7-2-3-10-19(16)18)27-21(28)20(23)13-15-6-4-9-17(12-15)22(24,25)26/h2-12,14,20H,13H2,1H3,(H,27,28)/t14-,20?/m1/s1. The lowest BCUT2D eigenvalue weighted by molar-refractivity contribution is -0.137. The number of carbonyl (C=O) groups excluding carboxylic acids is 1. The van der Waals surface area contributed by atoms with E-state index < -0.39 is 16.6 Å². The molecule has 1 N–H and O–H groups in total. The molecular weight excluding hydrogens is 431 g/mol. The second-order valence-electron chi connectivity index (χ2n) is 6.67. The Morgan fingerprint density at radius 2 is 1.71 bits per heavy atom. The summed E-state index contributed by atoms with van der Waals surface area (Å²) in [6, 6.07) is 18.6. The number of benzene rings is 3. The fourth-order valence-corrected chi connectivity index (χ4v) is 3.69. The number of halogens is 4. The van der Waals surface area contributed by atoms with Crippen LogP contribution < -0.4 is 5.32 Å². The predicted molar refractivity (Wildman–Crippen MR) is 108 cm³/mol. The lowest BCUT2D eigenvalue weighted by Crippen LogP contribution is -2.34. The first-order valence-electron chi connectivity index (χ1n) is 8.84. The molecule has 0 heterocycles. The maximum Gasteiger partial charge on any atom is 0.416 e. The summed E-state index contributed by atoms with van der Waals surface area (Å²) in [5.41, 5.74) is 0.726. The van der Waals surface area contributed by atoms with Gasteiger partial charge in [0.2, 0.25) is 5.91 Å². The van der Waals surface area contributed by atoms with Crippen molar-refractivity contribution in [3.63, 3.8) is 0 Å². The van der Waals surface area contributed by atoms with Crippen LogP contribution in [-0.2, 0) is 17.4 Å². The van der Waals surface area contributed by atoms with E-state index in [-0.39, 0.29) is 18.4 Å². The van der Waals surface area contributed by atoms with Crippen LogP contribution in [-0.4, -0.2) is 10.7 Å². The van der Waals surface area contributed by atoms with Gasteiger partial charge in [-0.1, -0.05) is 76.6 Å². The molecule has 3 rings (SSSR count). The number of hydrogen-bond donors (Lipinski definition) is 1. The summed E-state index contributed by atoms with van der Waals surface area (Å²) in [4.78, 5) is 11.9. The van der Waals surface area contributed by atoms with E-state index in [9.17, 15) is 18.0 Å². The molecule has 0 bridgehead atoms. The molecule has 0 aliphatic heterocycles. The highest BCUT2D eigenvalue weighted by Gasteiger charge is 2.30. The second-order valence-corrected chi connectivity index (χ2v) is 7.77. The molecule has 0 aliphatic carbocycles. The smallest absolute Gasteiger partial charge is 0.349 e. The Kier molecular flexibility index (Phi) is 6.08. The van der Waals surface area contributed by atoms with Crippen LogP contribution in [0.25, 0.3) is 10.8 Å². The third-order valence-corrected chi connectivity index (χ3v) is 5.34. The van der Waals surface area contributed by atoms with Crippen molar-refractivity contribution in [2.24, 2.45) is 0 Å². The van der Waals surface area contributed by atoms with Crippen molar-refractivity contribution >= 4 is 32.6 Å². The average Bonchev–Trinajstić information content (AvgIpc) is 2.67. The van der Waals surface area contributed by atoms with E-state index >= 15 is 0 Å². The Hall–Kier alpha value is -2.34. The molecule has 0 saturated carbocycles. The fourth-order valence-electron chi connectivity index (χ4n) is 3.18. The van der Waals surface area contributed by atoms with E-state index in [1.165, 1.54) is 6.07 Å². The maximum absolute atomic E-state index is 12.9. The highest BCUT2D eigenvalue weighted by atomic mass is 79.9. The number of hydrogen-bond acceptors (Lipinski definition) is 1. The SMILES string of the molecule is C[C@@H](NC(=O)C(Br)Cc1cccc(C(F)(F)F)c1)c1cccc2ccccc12. The van der Waals surface area contributed by atoms with Crippen molar-refractivity contribution in [2.45, 2.75) is 30.4 Å². The molecule has 0 aromatic heterocycles. The van der Waals surface area contributed by atoms with Gasteiger partial charge in [0.25, 0.3) is 0 Å². The van der Waals surface area contributed by atoms with Crippen LogP contribution in [0.4, 0.5) is 13.2 Å². The molecule has 0 fully saturated rings. The van der Waals surface area contributed by atoms with Gasteiger partial charge in [0.1, 0.15) is 0 Å². The normalized spacial score (nSPS) is 13.9. The average molecular weight is 450 g/mol. The predicted octanol–water partition coefficient (Wildman–Crippen LogP) is 6.04. The minimum absolute atomic E-state index is 0.165.